The number of hydrogen-bond donors (Lipinski definition) is 1. The average Bonchev–Trinajstić information content (AvgIpc) is 2.60. The minimum Gasteiger partial charge on any atom is -0.383 e. The van der Waals surface area contributed by atoms with Gasteiger partial charge in [0.25, 0.3) is 0 Å². The lowest BCUT2D eigenvalue weighted by Crippen LogP contribution is -2.48. The summed E-state index contributed by atoms with van der Waals surface area (Å²) in [6.45, 7) is 7.15. The number of anilines is 1. The van der Waals surface area contributed by atoms with Gasteiger partial charge < -0.3 is 19.9 Å². The molecule has 0 unspecified atom stereocenters. The molecular weight excluding hydrogens is 290 g/mol. The van der Waals surface area contributed by atoms with Gasteiger partial charge in [-0.05, 0) is 31.9 Å². The first-order valence-electron chi connectivity index (χ1n) is 8.53. The summed E-state index contributed by atoms with van der Waals surface area (Å²) >= 11 is 0. The molecule has 1 amide bonds. The van der Waals surface area contributed by atoms with Gasteiger partial charge in [0.15, 0.2) is 0 Å². The predicted molar refractivity (Wildman–Crippen MR) is 93.8 cm³/mol. The second-order valence-electron chi connectivity index (χ2n) is 6.03. The van der Waals surface area contributed by atoms with Crippen molar-refractivity contribution in [2.45, 2.75) is 25.8 Å². The molecule has 1 aromatic rings. The zero-order valence-electron chi connectivity index (χ0n) is 14.3. The zero-order chi connectivity index (χ0) is 16.5. The molecule has 0 aromatic heterocycles. The quantitative estimate of drug-likeness (QED) is 0.793. The van der Waals surface area contributed by atoms with Crippen LogP contribution >= 0.6 is 0 Å². The van der Waals surface area contributed by atoms with Crippen LogP contribution in [-0.2, 0) is 9.53 Å². The van der Waals surface area contributed by atoms with Gasteiger partial charge in [-0.15, -0.1) is 0 Å². The molecule has 5 heteroatoms. The number of likely N-dealkylation sites (N-methyl/N-ethyl adjacent to an activating group) is 1. The Morgan fingerprint density at radius 2 is 2.00 bits per heavy atom. The molecular formula is C18H29N3O2. The summed E-state index contributed by atoms with van der Waals surface area (Å²) < 4.78 is 5.12. The maximum absolute atomic E-state index is 12.3. The number of nitrogens with zero attached hydrogens (tertiary/aromatic N) is 2. The molecule has 1 aliphatic heterocycles. The summed E-state index contributed by atoms with van der Waals surface area (Å²) in [4.78, 5) is 16.8. The van der Waals surface area contributed by atoms with Gasteiger partial charge in [0.1, 0.15) is 0 Å². The Hall–Kier alpha value is -1.59. The molecule has 2 rings (SSSR count). The summed E-state index contributed by atoms with van der Waals surface area (Å²) in [7, 11) is 1.74. The predicted octanol–water partition coefficient (Wildman–Crippen LogP) is 1.74. The van der Waals surface area contributed by atoms with Crippen LogP contribution < -0.4 is 10.2 Å². The fourth-order valence-corrected chi connectivity index (χ4v) is 2.99. The number of benzene rings is 1. The zero-order valence-corrected chi connectivity index (χ0v) is 14.3. The SMILES string of the molecule is CCN(CC(=O)NC1CCN(CCOC)CC1)c1ccccc1. The van der Waals surface area contributed by atoms with Crippen molar-refractivity contribution >= 4 is 11.6 Å². The topological polar surface area (TPSA) is 44.8 Å². The van der Waals surface area contributed by atoms with Gasteiger partial charge in [0, 0.05) is 45.0 Å². The van der Waals surface area contributed by atoms with Gasteiger partial charge in [-0.2, -0.15) is 0 Å². The molecule has 1 aliphatic rings. The first-order chi connectivity index (χ1) is 11.2. The van der Waals surface area contributed by atoms with Crippen molar-refractivity contribution in [1.29, 1.82) is 0 Å². The maximum atomic E-state index is 12.3. The number of likely N-dealkylation sites (tertiary alicyclic amines) is 1. The average molecular weight is 319 g/mol. The molecule has 0 spiro atoms. The highest BCUT2D eigenvalue weighted by atomic mass is 16.5. The number of amides is 1. The standard InChI is InChI=1S/C18H29N3O2/c1-3-21(17-7-5-4-6-8-17)15-18(22)19-16-9-11-20(12-10-16)13-14-23-2/h4-8,16H,3,9-15H2,1-2H3,(H,19,22). The van der Waals surface area contributed by atoms with Gasteiger partial charge in [-0.3, -0.25) is 4.79 Å². The van der Waals surface area contributed by atoms with Crippen LogP contribution in [0.5, 0.6) is 0 Å². The molecule has 0 bridgehead atoms. The lowest BCUT2D eigenvalue weighted by molar-refractivity contribution is -0.120. The van der Waals surface area contributed by atoms with Crippen LogP contribution in [0.2, 0.25) is 0 Å². The van der Waals surface area contributed by atoms with E-state index < -0.39 is 0 Å². The minimum absolute atomic E-state index is 0.117. The maximum Gasteiger partial charge on any atom is 0.239 e. The Morgan fingerprint density at radius 3 is 2.61 bits per heavy atom. The van der Waals surface area contributed by atoms with E-state index in [2.05, 4.69) is 22.0 Å². The Morgan fingerprint density at radius 1 is 1.30 bits per heavy atom. The Labute approximate surface area is 139 Å². The molecule has 0 radical (unpaired) electrons. The van der Waals surface area contributed by atoms with E-state index >= 15 is 0 Å². The lowest BCUT2D eigenvalue weighted by Gasteiger charge is -2.32. The van der Waals surface area contributed by atoms with Crippen LogP contribution in [-0.4, -0.2) is 63.3 Å². The number of para-hydroxylation sites is 1. The highest BCUT2D eigenvalue weighted by molar-refractivity contribution is 5.81. The van der Waals surface area contributed by atoms with Gasteiger partial charge in [0.05, 0.1) is 13.2 Å². The summed E-state index contributed by atoms with van der Waals surface area (Å²) in [5.41, 5.74) is 1.10. The normalized spacial score (nSPS) is 16.3. The molecule has 1 aromatic carbocycles. The van der Waals surface area contributed by atoms with Crippen molar-refractivity contribution in [2.75, 3.05) is 51.3 Å². The van der Waals surface area contributed by atoms with E-state index in [1.165, 1.54) is 0 Å². The third kappa shape index (κ3) is 5.84. The van der Waals surface area contributed by atoms with Gasteiger partial charge >= 0.3 is 0 Å². The van der Waals surface area contributed by atoms with E-state index in [1.807, 2.05) is 30.3 Å². The number of carbonyl (C=O) groups excluding carboxylic acids is 1. The number of rotatable bonds is 8. The molecule has 128 valence electrons. The number of piperidine rings is 1. The van der Waals surface area contributed by atoms with E-state index in [4.69, 9.17) is 4.74 Å². The Kier molecular flexibility index (Phi) is 7.36. The molecule has 0 saturated carbocycles. The summed E-state index contributed by atoms with van der Waals surface area (Å²) in [6, 6.07) is 10.4. The number of ether oxygens (including phenoxy) is 1. The van der Waals surface area contributed by atoms with Gasteiger partial charge in [0.2, 0.25) is 5.91 Å². The summed E-state index contributed by atoms with van der Waals surface area (Å²) in [5, 5.41) is 3.19. The van der Waals surface area contributed by atoms with Crippen molar-refractivity contribution in [3.63, 3.8) is 0 Å². The number of hydrogen-bond acceptors (Lipinski definition) is 4. The molecule has 0 aliphatic carbocycles. The summed E-state index contributed by atoms with van der Waals surface area (Å²) in [6.07, 6.45) is 2.04. The van der Waals surface area contributed by atoms with Crippen LogP contribution in [0.3, 0.4) is 0 Å². The van der Waals surface area contributed by atoms with Crippen LogP contribution in [0.25, 0.3) is 0 Å². The fourth-order valence-electron chi connectivity index (χ4n) is 2.99. The minimum atomic E-state index is 0.117. The number of methoxy groups -OCH3 is 1. The Balaban J connectivity index is 1.74. The van der Waals surface area contributed by atoms with Crippen molar-refractivity contribution in [1.82, 2.24) is 10.2 Å². The first kappa shape index (κ1) is 17.8. The third-order valence-electron chi connectivity index (χ3n) is 4.40. The molecule has 1 saturated heterocycles. The smallest absolute Gasteiger partial charge is 0.239 e. The Bertz CT molecular complexity index is 459. The molecule has 0 atom stereocenters. The molecule has 1 heterocycles. The third-order valence-corrected chi connectivity index (χ3v) is 4.40. The van der Waals surface area contributed by atoms with E-state index in [9.17, 15) is 4.79 Å². The number of carbonyl (C=O) groups is 1. The van der Waals surface area contributed by atoms with Crippen LogP contribution in [0.1, 0.15) is 19.8 Å². The van der Waals surface area contributed by atoms with E-state index in [1.54, 1.807) is 7.11 Å². The fraction of sp³-hybridized carbons (Fsp3) is 0.611. The molecule has 5 nitrogen and oxygen atoms in total. The monoisotopic (exact) mass is 319 g/mol. The number of nitrogens with one attached hydrogen (secondary N) is 1. The molecule has 23 heavy (non-hydrogen) atoms. The van der Waals surface area contributed by atoms with Gasteiger partial charge in [-0.25, -0.2) is 0 Å². The van der Waals surface area contributed by atoms with Crippen molar-refractivity contribution in [3.8, 4) is 0 Å². The summed E-state index contributed by atoms with van der Waals surface area (Å²) in [5.74, 6) is 0.117. The van der Waals surface area contributed by atoms with E-state index in [0.29, 0.717) is 12.6 Å². The van der Waals surface area contributed by atoms with E-state index in [0.717, 1.165) is 51.3 Å². The first-order valence-corrected chi connectivity index (χ1v) is 8.53. The van der Waals surface area contributed by atoms with Crippen molar-refractivity contribution in [2.24, 2.45) is 0 Å². The highest BCUT2D eigenvalue weighted by Crippen LogP contribution is 2.13. The molecule has 1 fully saturated rings. The van der Waals surface area contributed by atoms with Crippen LogP contribution in [0.15, 0.2) is 30.3 Å². The van der Waals surface area contributed by atoms with Crippen molar-refractivity contribution < 1.29 is 9.53 Å². The lowest BCUT2D eigenvalue weighted by atomic mass is 10.1. The van der Waals surface area contributed by atoms with E-state index in [-0.39, 0.29) is 5.91 Å². The van der Waals surface area contributed by atoms with Gasteiger partial charge in [-0.1, -0.05) is 18.2 Å². The largest absolute Gasteiger partial charge is 0.383 e. The second-order valence-corrected chi connectivity index (χ2v) is 6.03. The molecule has 1 N–H and O–H groups in total. The van der Waals surface area contributed by atoms with Crippen LogP contribution in [0.4, 0.5) is 5.69 Å². The highest BCUT2D eigenvalue weighted by Gasteiger charge is 2.21. The second kappa shape index (κ2) is 9.53. The van der Waals surface area contributed by atoms with Crippen molar-refractivity contribution in [3.05, 3.63) is 30.3 Å². The van der Waals surface area contributed by atoms with Crippen LogP contribution in [0, 0.1) is 0 Å².